The molecule has 0 saturated carbocycles. The van der Waals surface area contributed by atoms with Crippen LogP contribution in [-0.4, -0.2) is 26.4 Å². The van der Waals surface area contributed by atoms with Gasteiger partial charge in [0.2, 0.25) is 0 Å². The maximum Gasteiger partial charge on any atom is 0.254 e. The lowest BCUT2D eigenvalue weighted by molar-refractivity contribution is -0.124. The molecule has 1 aromatic carbocycles. The summed E-state index contributed by atoms with van der Waals surface area (Å²) in [5.41, 5.74) is 0.660. The lowest BCUT2D eigenvalue weighted by atomic mass is 10.1. The van der Waals surface area contributed by atoms with E-state index in [-0.39, 0.29) is 5.88 Å². The molecule has 2 atom stereocenters. The average molecular weight is 354 g/mol. The van der Waals surface area contributed by atoms with E-state index in [0.29, 0.717) is 5.69 Å². The number of nitrogens with one attached hydrogen (secondary N) is 1. The van der Waals surface area contributed by atoms with Gasteiger partial charge in [-0.25, -0.2) is 0 Å². The SMILES string of the molecule is CC(I)(CCl)C(O)C(=O)Nc1ccccc1. The van der Waals surface area contributed by atoms with E-state index in [4.69, 9.17) is 11.6 Å². The van der Waals surface area contributed by atoms with Crippen molar-refractivity contribution < 1.29 is 9.90 Å². The van der Waals surface area contributed by atoms with Crippen LogP contribution in [0, 0.1) is 0 Å². The van der Waals surface area contributed by atoms with Gasteiger partial charge in [0, 0.05) is 11.6 Å². The molecule has 1 amide bonds. The topological polar surface area (TPSA) is 49.3 Å². The molecule has 2 unspecified atom stereocenters. The van der Waals surface area contributed by atoms with Gasteiger partial charge < -0.3 is 10.4 Å². The summed E-state index contributed by atoms with van der Waals surface area (Å²) in [5.74, 6) is -0.236. The number of carbonyl (C=O) groups is 1. The third-order valence-electron chi connectivity index (χ3n) is 2.12. The highest BCUT2D eigenvalue weighted by Crippen LogP contribution is 2.25. The Labute approximate surface area is 113 Å². The monoisotopic (exact) mass is 353 g/mol. The summed E-state index contributed by atoms with van der Waals surface area (Å²) in [7, 11) is 0. The van der Waals surface area contributed by atoms with Gasteiger partial charge in [-0.1, -0.05) is 40.8 Å². The minimum absolute atomic E-state index is 0.205. The van der Waals surface area contributed by atoms with Crippen LogP contribution in [0.5, 0.6) is 0 Å². The van der Waals surface area contributed by atoms with Crippen molar-refractivity contribution in [3.63, 3.8) is 0 Å². The predicted molar refractivity (Wildman–Crippen MR) is 74.2 cm³/mol. The van der Waals surface area contributed by atoms with Gasteiger partial charge in [0.15, 0.2) is 0 Å². The van der Waals surface area contributed by atoms with Gasteiger partial charge in [-0.05, 0) is 19.1 Å². The lowest BCUT2D eigenvalue weighted by Gasteiger charge is -2.25. The van der Waals surface area contributed by atoms with E-state index in [1.54, 1.807) is 19.1 Å². The number of aliphatic hydroxyl groups excluding tert-OH is 1. The van der Waals surface area contributed by atoms with Crippen LogP contribution >= 0.6 is 34.2 Å². The van der Waals surface area contributed by atoms with E-state index in [2.05, 4.69) is 5.32 Å². The molecule has 0 radical (unpaired) electrons. The first-order valence-electron chi connectivity index (χ1n) is 4.76. The van der Waals surface area contributed by atoms with Crippen molar-refractivity contribution in [2.75, 3.05) is 11.2 Å². The molecule has 1 rings (SSSR count). The molecule has 3 nitrogen and oxygen atoms in total. The summed E-state index contributed by atoms with van der Waals surface area (Å²) < 4.78 is -0.668. The van der Waals surface area contributed by atoms with Crippen LogP contribution in [0.4, 0.5) is 5.69 Å². The molecular weight excluding hydrogens is 340 g/mol. The third kappa shape index (κ3) is 3.61. The van der Waals surface area contributed by atoms with Crippen molar-refractivity contribution in [3.05, 3.63) is 30.3 Å². The highest BCUT2D eigenvalue weighted by atomic mass is 127. The number of hydrogen-bond donors (Lipinski definition) is 2. The van der Waals surface area contributed by atoms with Gasteiger partial charge in [-0.2, -0.15) is 0 Å². The number of carbonyl (C=O) groups excluding carboxylic acids is 1. The standard InChI is InChI=1S/C11H13ClINO2/c1-11(13,7-12)9(15)10(16)14-8-5-3-2-4-6-8/h2-6,9,15H,7H2,1H3,(H,14,16). The Balaban J connectivity index is 2.66. The second-order valence-corrected chi connectivity index (χ2v) is 6.40. The summed E-state index contributed by atoms with van der Waals surface area (Å²) in [5, 5.41) is 12.4. The maximum atomic E-state index is 11.7. The largest absolute Gasteiger partial charge is 0.382 e. The van der Waals surface area contributed by atoms with Crippen molar-refractivity contribution in [1.29, 1.82) is 0 Å². The van der Waals surface area contributed by atoms with Gasteiger partial charge in [-0.15, -0.1) is 11.6 Å². The molecule has 5 heteroatoms. The summed E-state index contributed by atoms with van der Waals surface area (Å²) in [4.78, 5) is 11.7. The number of rotatable bonds is 4. The van der Waals surface area contributed by atoms with E-state index in [1.165, 1.54) is 0 Å². The smallest absolute Gasteiger partial charge is 0.254 e. The second-order valence-electron chi connectivity index (χ2n) is 3.67. The minimum atomic E-state index is -1.13. The van der Waals surface area contributed by atoms with Crippen LogP contribution in [-0.2, 0) is 4.79 Å². The van der Waals surface area contributed by atoms with Gasteiger partial charge in [0.05, 0.1) is 3.42 Å². The predicted octanol–water partition coefficient (Wildman–Crippen LogP) is 2.42. The highest BCUT2D eigenvalue weighted by molar-refractivity contribution is 14.1. The van der Waals surface area contributed by atoms with Crippen molar-refractivity contribution in [2.45, 2.75) is 16.4 Å². The molecule has 0 aliphatic heterocycles. The average Bonchev–Trinajstić information content (AvgIpc) is 2.29. The number of amides is 1. The summed E-state index contributed by atoms with van der Waals surface area (Å²) in [6.07, 6.45) is -1.13. The van der Waals surface area contributed by atoms with Crippen LogP contribution in [0.15, 0.2) is 30.3 Å². The molecule has 0 spiro atoms. The third-order valence-corrected chi connectivity index (χ3v) is 4.10. The Kier molecular flexibility index (Phi) is 5.01. The quantitative estimate of drug-likeness (QED) is 0.645. The molecule has 1 aromatic rings. The number of halogens is 2. The molecule has 0 aromatic heterocycles. The van der Waals surface area contributed by atoms with E-state index in [0.717, 1.165) is 0 Å². The van der Waals surface area contributed by atoms with Crippen molar-refractivity contribution in [1.82, 2.24) is 0 Å². The van der Waals surface area contributed by atoms with Gasteiger partial charge >= 0.3 is 0 Å². The van der Waals surface area contributed by atoms with Crippen LogP contribution in [0.3, 0.4) is 0 Å². The molecule has 0 aliphatic carbocycles. The fourth-order valence-electron chi connectivity index (χ4n) is 1.08. The van der Waals surface area contributed by atoms with Crippen LogP contribution in [0.1, 0.15) is 6.92 Å². The number of alkyl halides is 2. The fourth-order valence-corrected chi connectivity index (χ4v) is 1.51. The second kappa shape index (κ2) is 5.84. The van der Waals surface area contributed by atoms with E-state index in [1.807, 2.05) is 40.8 Å². The van der Waals surface area contributed by atoms with Gasteiger partial charge in [0.1, 0.15) is 6.10 Å². The van der Waals surface area contributed by atoms with Crippen LogP contribution in [0.25, 0.3) is 0 Å². The van der Waals surface area contributed by atoms with Crippen molar-refractivity contribution >= 4 is 45.8 Å². The molecule has 0 saturated heterocycles. The normalized spacial score (nSPS) is 16.2. The Bertz CT molecular complexity index is 356. The highest BCUT2D eigenvalue weighted by Gasteiger charge is 2.34. The molecule has 2 N–H and O–H groups in total. The Morgan fingerprint density at radius 3 is 2.62 bits per heavy atom. The zero-order chi connectivity index (χ0) is 12.2. The molecule has 0 bridgehead atoms. The van der Waals surface area contributed by atoms with Crippen molar-refractivity contribution in [2.24, 2.45) is 0 Å². The Morgan fingerprint density at radius 2 is 2.12 bits per heavy atom. The first kappa shape index (κ1) is 13.7. The van der Waals surface area contributed by atoms with E-state index < -0.39 is 15.4 Å². The summed E-state index contributed by atoms with van der Waals surface area (Å²) in [6, 6.07) is 9.00. The number of para-hydroxylation sites is 1. The van der Waals surface area contributed by atoms with Gasteiger partial charge in [-0.3, -0.25) is 4.79 Å². The zero-order valence-electron chi connectivity index (χ0n) is 8.78. The maximum absolute atomic E-state index is 11.7. The Morgan fingerprint density at radius 1 is 1.56 bits per heavy atom. The van der Waals surface area contributed by atoms with Crippen molar-refractivity contribution in [3.8, 4) is 0 Å². The number of aliphatic hydroxyl groups is 1. The molecule has 0 fully saturated rings. The first-order chi connectivity index (χ1) is 7.47. The number of hydrogen-bond acceptors (Lipinski definition) is 2. The first-order valence-corrected chi connectivity index (χ1v) is 6.37. The van der Waals surface area contributed by atoms with E-state index in [9.17, 15) is 9.90 Å². The number of benzene rings is 1. The van der Waals surface area contributed by atoms with Crippen LogP contribution < -0.4 is 5.32 Å². The van der Waals surface area contributed by atoms with Crippen LogP contribution in [0.2, 0.25) is 0 Å². The molecule has 0 aliphatic rings. The molecule has 88 valence electrons. The summed E-state index contributed by atoms with van der Waals surface area (Å²) in [6.45, 7) is 1.73. The summed E-state index contributed by atoms with van der Waals surface area (Å²) >= 11 is 7.67. The molecule has 0 heterocycles. The fraction of sp³-hybridized carbons (Fsp3) is 0.364. The van der Waals surface area contributed by atoms with E-state index >= 15 is 0 Å². The minimum Gasteiger partial charge on any atom is -0.382 e. The lowest BCUT2D eigenvalue weighted by Crippen LogP contribution is -2.44. The Hall–Kier alpha value is -0.330. The number of anilines is 1. The van der Waals surface area contributed by atoms with Gasteiger partial charge in [0.25, 0.3) is 5.91 Å². The molecule has 16 heavy (non-hydrogen) atoms. The zero-order valence-corrected chi connectivity index (χ0v) is 11.7. The molecular formula is C11H13ClINO2.